The molecule has 0 aliphatic rings. The van der Waals surface area contributed by atoms with Gasteiger partial charge in [-0.05, 0) is 38.3 Å². The minimum absolute atomic E-state index is 0.515. The highest BCUT2D eigenvalue weighted by molar-refractivity contribution is 5.46. The van der Waals surface area contributed by atoms with Gasteiger partial charge in [0, 0.05) is 5.69 Å². The topological polar surface area (TPSA) is 26.0 Å². The Balaban J connectivity index is 2.60. The van der Waals surface area contributed by atoms with Crippen LogP contribution >= 0.6 is 0 Å². The SMILES string of the molecule is CC(C)(F)CCc1ccccc1N. The molecule has 0 spiro atoms. The van der Waals surface area contributed by atoms with E-state index in [1.807, 2.05) is 24.3 Å². The van der Waals surface area contributed by atoms with Crippen LogP contribution in [0.5, 0.6) is 0 Å². The smallest absolute Gasteiger partial charge is 0.105 e. The molecule has 1 nitrogen and oxygen atoms in total. The summed E-state index contributed by atoms with van der Waals surface area (Å²) in [4.78, 5) is 0. The lowest BCUT2D eigenvalue weighted by Crippen LogP contribution is -2.13. The monoisotopic (exact) mass is 181 g/mol. The number of nitrogens with two attached hydrogens (primary N) is 1. The number of hydrogen-bond acceptors (Lipinski definition) is 1. The average Bonchev–Trinajstić information content (AvgIpc) is 2.01. The Morgan fingerprint density at radius 3 is 2.46 bits per heavy atom. The van der Waals surface area contributed by atoms with E-state index >= 15 is 0 Å². The van der Waals surface area contributed by atoms with E-state index in [9.17, 15) is 4.39 Å². The van der Waals surface area contributed by atoms with Crippen LogP contribution in [0.2, 0.25) is 0 Å². The van der Waals surface area contributed by atoms with Crippen molar-refractivity contribution in [3.05, 3.63) is 29.8 Å². The molecule has 72 valence electrons. The first-order valence-electron chi connectivity index (χ1n) is 4.51. The predicted molar refractivity (Wildman–Crippen MR) is 54.4 cm³/mol. The van der Waals surface area contributed by atoms with Gasteiger partial charge in [0.25, 0.3) is 0 Å². The third-order valence-corrected chi connectivity index (χ3v) is 2.04. The molecule has 13 heavy (non-hydrogen) atoms. The molecule has 0 unspecified atom stereocenters. The number of para-hydroxylation sites is 1. The molecule has 0 bridgehead atoms. The van der Waals surface area contributed by atoms with Crippen molar-refractivity contribution in [2.75, 3.05) is 5.73 Å². The Labute approximate surface area is 78.8 Å². The van der Waals surface area contributed by atoms with Gasteiger partial charge in [0.05, 0.1) is 0 Å². The lowest BCUT2D eigenvalue weighted by molar-refractivity contribution is 0.202. The maximum absolute atomic E-state index is 13.2. The van der Waals surface area contributed by atoms with E-state index in [2.05, 4.69) is 0 Å². The molecule has 1 aromatic rings. The molecule has 1 aromatic carbocycles. The molecule has 0 aliphatic carbocycles. The lowest BCUT2D eigenvalue weighted by atomic mass is 9.99. The third kappa shape index (κ3) is 3.45. The maximum atomic E-state index is 13.2. The molecule has 0 fully saturated rings. The summed E-state index contributed by atoms with van der Waals surface area (Å²) < 4.78 is 13.2. The van der Waals surface area contributed by atoms with Gasteiger partial charge in [0.2, 0.25) is 0 Å². The molecule has 2 N–H and O–H groups in total. The van der Waals surface area contributed by atoms with Gasteiger partial charge >= 0.3 is 0 Å². The Morgan fingerprint density at radius 2 is 1.92 bits per heavy atom. The largest absolute Gasteiger partial charge is 0.399 e. The third-order valence-electron chi connectivity index (χ3n) is 2.04. The molecule has 0 aliphatic heterocycles. The summed E-state index contributed by atoms with van der Waals surface area (Å²) in [5.41, 5.74) is 6.41. The summed E-state index contributed by atoms with van der Waals surface area (Å²) in [5, 5.41) is 0. The van der Waals surface area contributed by atoms with Crippen molar-refractivity contribution in [3.63, 3.8) is 0 Å². The number of halogens is 1. The summed E-state index contributed by atoms with van der Waals surface area (Å²) in [7, 11) is 0. The minimum Gasteiger partial charge on any atom is -0.399 e. The highest BCUT2D eigenvalue weighted by Crippen LogP contribution is 2.20. The zero-order valence-electron chi connectivity index (χ0n) is 8.18. The number of benzene rings is 1. The summed E-state index contributed by atoms with van der Waals surface area (Å²) in [6.07, 6.45) is 1.22. The van der Waals surface area contributed by atoms with Crippen molar-refractivity contribution in [2.24, 2.45) is 0 Å². The maximum Gasteiger partial charge on any atom is 0.105 e. The van der Waals surface area contributed by atoms with E-state index in [1.54, 1.807) is 13.8 Å². The summed E-state index contributed by atoms with van der Waals surface area (Å²) in [6, 6.07) is 7.61. The molecular weight excluding hydrogens is 165 g/mol. The minimum atomic E-state index is -1.11. The van der Waals surface area contributed by atoms with Crippen LogP contribution in [0.15, 0.2) is 24.3 Å². The molecule has 0 saturated carbocycles. The molecular formula is C11H16FN. The summed E-state index contributed by atoms with van der Waals surface area (Å²) in [6.45, 7) is 3.18. The van der Waals surface area contributed by atoms with Gasteiger partial charge in [-0.1, -0.05) is 18.2 Å². The predicted octanol–water partition coefficient (Wildman–Crippen LogP) is 2.95. The zero-order chi connectivity index (χ0) is 9.90. The number of anilines is 1. The van der Waals surface area contributed by atoms with Crippen LogP contribution < -0.4 is 5.73 Å². The van der Waals surface area contributed by atoms with Crippen LogP contribution in [0, 0.1) is 0 Å². The summed E-state index contributed by atoms with van der Waals surface area (Å²) >= 11 is 0. The quantitative estimate of drug-likeness (QED) is 0.713. The number of nitrogen functional groups attached to an aromatic ring is 1. The molecule has 0 radical (unpaired) electrons. The van der Waals surface area contributed by atoms with E-state index < -0.39 is 5.67 Å². The second-order valence-corrected chi connectivity index (χ2v) is 3.92. The van der Waals surface area contributed by atoms with E-state index in [0.29, 0.717) is 12.8 Å². The van der Waals surface area contributed by atoms with Crippen molar-refractivity contribution in [1.82, 2.24) is 0 Å². The second kappa shape index (κ2) is 3.77. The van der Waals surface area contributed by atoms with Crippen molar-refractivity contribution >= 4 is 5.69 Å². The van der Waals surface area contributed by atoms with Gasteiger partial charge in [-0.2, -0.15) is 0 Å². The molecule has 0 saturated heterocycles. The van der Waals surface area contributed by atoms with Crippen LogP contribution in [0.1, 0.15) is 25.8 Å². The fraction of sp³-hybridized carbons (Fsp3) is 0.455. The van der Waals surface area contributed by atoms with Crippen molar-refractivity contribution in [3.8, 4) is 0 Å². The van der Waals surface area contributed by atoms with Crippen LogP contribution in [-0.4, -0.2) is 5.67 Å². The van der Waals surface area contributed by atoms with E-state index in [0.717, 1.165) is 11.3 Å². The number of rotatable bonds is 3. The highest BCUT2D eigenvalue weighted by Gasteiger charge is 2.15. The standard InChI is InChI=1S/C11H16FN/c1-11(2,12)8-7-9-5-3-4-6-10(9)13/h3-6H,7-8,13H2,1-2H3. The average molecular weight is 181 g/mol. The van der Waals surface area contributed by atoms with Gasteiger partial charge < -0.3 is 5.73 Å². The Morgan fingerprint density at radius 1 is 1.31 bits per heavy atom. The molecule has 0 amide bonds. The highest BCUT2D eigenvalue weighted by atomic mass is 19.1. The first-order valence-corrected chi connectivity index (χ1v) is 4.51. The van der Waals surface area contributed by atoms with Crippen molar-refractivity contribution in [2.45, 2.75) is 32.4 Å². The van der Waals surface area contributed by atoms with E-state index in [-0.39, 0.29) is 0 Å². The van der Waals surface area contributed by atoms with Crippen molar-refractivity contribution in [1.29, 1.82) is 0 Å². The normalized spacial score (nSPS) is 11.6. The van der Waals surface area contributed by atoms with Gasteiger partial charge in [-0.15, -0.1) is 0 Å². The van der Waals surface area contributed by atoms with E-state index in [1.165, 1.54) is 0 Å². The Kier molecular flexibility index (Phi) is 2.91. The van der Waals surface area contributed by atoms with E-state index in [4.69, 9.17) is 5.73 Å². The fourth-order valence-electron chi connectivity index (χ4n) is 1.19. The van der Waals surface area contributed by atoms with Crippen LogP contribution in [0.3, 0.4) is 0 Å². The molecule has 0 aromatic heterocycles. The molecule has 1 rings (SSSR count). The zero-order valence-corrected chi connectivity index (χ0v) is 8.18. The fourth-order valence-corrected chi connectivity index (χ4v) is 1.19. The molecule has 0 heterocycles. The van der Waals surface area contributed by atoms with Crippen LogP contribution in [-0.2, 0) is 6.42 Å². The van der Waals surface area contributed by atoms with Gasteiger partial charge in [-0.25, -0.2) is 4.39 Å². The first-order chi connectivity index (χ1) is 5.99. The Bertz CT molecular complexity index is 276. The lowest BCUT2D eigenvalue weighted by Gasteiger charge is -2.14. The Hall–Kier alpha value is -1.05. The molecule has 2 heteroatoms. The number of alkyl halides is 1. The first kappa shape index (κ1) is 10.0. The van der Waals surface area contributed by atoms with Crippen LogP contribution in [0.4, 0.5) is 10.1 Å². The second-order valence-electron chi connectivity index (χ2n) is 3.92. The van der Waals surface area contributed by atoms with Gasteiger partial charge in [0.1, 0.15) is 5.67 Å². The number of hydrogen-bond donors (Lipinski definition) is 1. The van der Waals surface area contributed by atoms with Gasteiger partial charge in [0.15, 0.2) is 0 Å². The van der Waals surface area contributed by atoms with Gasteiger partial charge in [-0.3, -0.25) is 0 Å². The van der Waals surface area contributed by atoms with Crippen molar-refractivity contribution < 1.29 is 4.39 Å². The number of aryl methyl sites for hydroxylation is 1. The molecule has 0 atom stereocenters. The summed E-state index contributed by atoms with van der Waals surface area (Å²) in [5.74, 6) is 0. The van der Waals surface area contributed by atoms with Crippen LogP contribution in [0.25, 0.3) is 0 Å².